The predicted molar refractivity (Wildman–Crippen MR) is 59.7 cm³/mol. The van der Waals surface area contributed by atoms with Crippen molar-refractivity contribution in [2.24, 2.45) is 11.0 Å². The highest BCUT2D eigenvalue weighted by molar-refractivity contribution is 7.09. The van der Waals surface area contributed by atoms with Crippen molar-refractivity contribution in [3.05, 3.63) is 27.0 Å². The Morgan fingerprint density at radius 2 is 2.62 bits per heavy atom. The number of thiazole rings is 1. The number of carbonyl (C=O) groups excluding carboxylic acids is 1. The molecule has 1 fully saturated rings. The van der Waals surface area contributed by atoms with Gasteiger partial charge in [0, 0.05) is 36.0 Å². The first-order chi connectivity index (χ1) is 7.79. The molecule has 2 heterocycles. The highest BCUT2D eigenvalue weighted by Crippen LogP contribution is 2.21. The molecule has 0 aromatic carbocycles. The molecule has 1 amide bonds. The molecule has 0 N–H and O–H groups in total. The van der Waals surface area contributed by atoms with Crippen molar-refractivity contribution in [3.63, 3.8) is 0 Å². The number of amides is 1. The maximum Gasteiger partial charge on any atom is 0.223 e. The average molecular weight is 237 g/mol. The van der Waals surface area contributed by atoms with E-state index in [0.717, 1.165) is 5.01 Å². The fourth-order valence-corrected chi connectivity index (χ4v) is 2.41. The Morgan fingerprint density at radius 1 is 1.75 bits per heavy atom. The van der Waals surface area contributed by atoms with Gasteiger partial charge in [-0.1, -0.05) is 5.11 Å². The van der Waals surface area contributed by atoms with E-state index in [9.17, 15) is 4.79 Å². The highest BCUT2D eigenvalue weighted by atomic mass is 32.1. The van der Waals surface area contributed by atoms with Gasteiger partial charge in [-0.25, -0.2) is 4.98 Å². The molecule has 1 aromatic heterocycles. The second-order valence-corrected chi connectivity index (χ2v) is 4.66. The number of nitrogens with zero attached hydrogens (tertiary/aromatic N) is 5. The first-order valence-electron chi connectivity index (χ1n) is 4.96. The maximum absolute atomic E-state index is 11.6. The number of hydrogen-bond acceptors (Lipinski definition) is 4. The minimum atomic E-state index is 0.119. The molecule has 0 aliphatic carbocycles. The van der Waals surface area contributed by atoms with E-state index in [2.05, 4.69) is 15.0 Å². The maximum atomic E-state index is 11.6. The zero-order valence-corrected chi connectivity index (χ0v) is 9.43. The first-order valence-corrected chi connectivity index (χ1v) is 5.84. The normalized spacial score (nSPS) is 19.9. The summed E-state index contributed by atoms with van der Waals surface area (Å²) in [6, 6.07) is 0. The van der Waals surface area contributed by atoms with Crippen LogP contribution in [-0.2, 0) is 11.3 Å². The summed E-state index contributed by atoms with van der Waals surface area (Å²) in [5, 5.41) is 6.35. The molecule has 7 heteroatoms. The lowest BCUT2D eigenvalue weighted by molar-refractivity contribution is -0.128. The van der Waals surface area contributed by atoms with Gasteiger partial charge in [0.15, 0.2) is 0 Å². The van der Waals surface area contributed by atoms with E-state index in [1.54, 1.807) is 22.4 Å². The molecule has 1 aliphatic heterocycles. The van der Waals surface area contributed by atoms with E-state index < -0.39 is 0 Å². The van der Waals surface area contributed by atoms with Gasteiger partial charge in [-0.05, 0) is 11.4 Å². The average Bonchev–Trinajstić information content (AvgIpc) is 2.87. The van der Waals surface area contributed by atoms with E-state index in [-0.39, 0.29) is 11.8 Å². The molecular formula is C9H11N5OS. The first kappa shape index (κ1) is 10.9. The zero-order chi connectivity index (χ0) is 11.4. The van der Waals surface area contributed by atoms with E-state index in [4.69, 9.17) is 5.53 Å². The Labute approximate surface area is 96.5 Å². The lowest BCUT2D eigenvalue weighted by atomic mass is 10.1. The summed E-state index contributed by atoms with van der Waals surface area (Å²) in [6.07, 6.45) is 2.21. The van der Waals surface area contributed by atoms with Gasteiger partial charge in [-0.3, -0.25) is 4.79 Å². The highest BCUT2D eigenvalue weighted by Gasteiger charge is 2.29. The molecular weight excluding hydrogens is 226 g/mol. The van der Waals surface area contributed by atoms with Crippen molar-refractivity contribution in [1.82, 2.24) is 9.88 Å². The van der Waals surface area contributed by atoms with Crippen LogP contribution in [-0.4, -0.2) is 28.9 Å². The van der Waals surface area contributed by atoms with Crippen LogP contribution in [0.1, 0.15) is 11.4 Å². The van der Waals surface area contributed by atoms with Gasteiger partial charge in [0.05, 0.1) is 6.54 Å². The summed E-state index contributed by atoms with van der Waals surface area (Å²) in [7, 11) is 0. The second-order valence-electron chi connectivity index (χ2n) is 3.68. The summed E-state index contributed by atoms with van der Waals surface area (Å²) in [4.78, 5) is 20.3. The summed E-state index contributed by atoms with van der Waals surface area (Å²) in [6.45, 7) is 1.64. The number of aromatic nitrogens is 1. The third kappa shape index (κ3) is 2.50. The summed E-state index contributed by atoms with van der Waals surface area (Å²) >= 11 is 1.54. The molecule has 84 valence electrons. The van der Waals surface area contributed by atoms with Crippen molar-refractivity contribution in [1.29, 1.82) is 0 Å². The van der Waals surface area contributed by atoms with Crippen molar-refractivity contribution in [2.45, 2.75) is 13.0 Å². The minimum absolute atomic E-state index is 0.119. The van der Waals surface area contributed by atoms with E-state index in [1.165, 1.54) is 0 Å². The van der Waals surface area contributed by atoms with Crippen LogP contribution in [0.15, 0.2) is 16.7 Å². The lowest BCUT2D eigenvalue weighted by Crippen LogP contribution is -2.24. The van der Waals surface area contributed by atoms with Crippen molar-refractivity contribution >= 4 is 17.2 Å². The number of rotatable bonds is 4. The van der Waals surface area contributed by atoms with Crippen molar-refractivity contribution in [2.75, 3.05) is 13.1 Å². The van der Waals surface area contributed by atoms with Crippen LogP contribution in [0.25, 0.3) is 10.4 Å². The lowest BCUT2D eigenvalue weighted by Gasteiger charge is -2.14. The topological polar surface area (TPSA) is 82.0 Å². The molecule has 1 atom stereocenters. The minimum Gasteiger partial charge on any atom is -0.336 e. The zero-order valence-electron chi connectivity index (χ0n) is 8.61. The van der Waals surface area contributed by atoms with Crippen LogP contribution in [0.2, 0.25) is 0 Å². The Kier molecular flexibility index (Phi) is 3.38. The molecule has 1 aromatic rings. The molecule has 1 aliphatic rings. The third-order valence-electron chi connectivity index (χ3n) is 2.51. The van der Waals surface area contributed by atoms with Gasteiger partial charge < -0.3 is 4.90 Å². The molecule has 16 heavy (non-hydrogen) atoms. The molecule has 6 nitrogen and oxygen atoms in total. The number of carbonyl (C=O) groups is 1. The predicted octanol–water partition coefficient (Wildman–Crippen LogP) is 1.80. The largest absolute Gasteiger partial charge is 0.336 e. The van der Waals surface area contributed by atoms with Crippen LogP contribution in [0.5, 0.6) is 0 Å². The van der Waals surface area contributed by atoms with Gasteiger partial charge in [-0.2, -0.15) is 0 Å². The molecule has 0 saturated carbocycles. The van der Waals surface area contributed by atoms with Crippen LogP contribution in [0, 0.1) is 5.92 Å². The number of likely N-dealkylation sites (tertiary alicyclic amines) is 1. The third-order valence-corrected chi connectivity index (χ3v) is 3.27. The fraction of sp³-hybridized carbons (Fsp3) is 0.556. The monoisotopic (exact) mass is 237 g/mol. The SMILES string of the molecule is [N-]=[N+]=NCC1CC(=O)N(Cc2nccs2)C1. The fourth-order valence-electron chi connectivity index (χ4n) is 1.78. The molecule has 1 unspecified atom stereocenters. The number of hydrogen-bond donors (Lipinski definition) is 0. The quantitative estimate of drug-likeness (QED) is 0.454. The second kappa shape index (κ2) is 4.96. The van der Waals surface area contributed by atoms with Crippen LogP contribution in [0.3, 0.4) is 0 Å². The Balaban J connectivity index is 1.92. The Bertz CT molecular complexity index is 412. The van der Waals surface area contributed by atoms with E-state index >= 15 is 0 Å². The number of azide groups is 1. The molecule has 0 radical (unpaired) electrons. The van der Waals surface area contributed by atoms with E-state index in [0.29, 0.717) is 26.1 Å². The van der Waals surface area contributed by atoms with Crippen molar-refractivity contribution < 1.29 is 4.79 Å². The van der Waals surface area contributed by atoms with Gasteiger partial charge in [-0.15, -0.1) is 11.3 Å². The van der Waals surface area contributed by atoms with Gasteiger partial charge >= 0.3 is 0 Å². The molecule has 0 bridgehead atoms. The van der Waals surface area contributed by atoms with Crippen LogP contribution in [0.4, 0.5) is 0 Å². The summed E-state index contributed by atoms with van der Waals surface area (Å²) in [5.41, 5.74) is 8.22. The van der Waals surface area contributed by atoms with Gasteiger partial charge in [0.1, 0.15) is 5.01 Å². The molecule has 0 spiro atoms. The summed E-state index contributed by atoms with van der Waals surface area (Å²) in [5.74, 6) is 0.275. The summed E-state index contributed by atoms with van der Waals surface area (Å²) < 4.78 is 0. The molecule has 2 rings (SSSR count). The Hall–Kier alpha value is -1.59. The molecule has 1 saturated heterocycles. The van der Waals surface area contributed by atoms with Gasteiger partial charge in [0.25, 0.3) is 0 Å². The van der Waals surface area contributed by atoms with E-state index in [1.807, 2.05) is 5.38 Å². The van der Waals surface area contributed by atoms with Crippen LogP contribution < -0.4 is 0 Å². The van der Waals surface area contributed by atoms with Gasteiger partial charge in [0.2, 0.25) is 5.91 Å². The van der Waals surface area contributed by atoms with Crippen molar-refractivity contribution in [3.8, 4) is 0 Å². The Morgan fingerprint density at radius 3 is 3.31 bits per heavy atom. The smallest absolute Gasteiger partial charge is 0.223 e. The standard InChI is InChI=1S/C9H11N5OS/c10-13-12-4-7-3-9(15)14(5-7)6-8-11-1-2-16-8/h1-2,7H,3-6H2. The van der Waals surface area contributed by atoms with Crippen LogP contribution >= 0.6 is 11.3 Å².